The van der Waals surface area contributed by atoms with E-state index >= 15 is 0 Å². The maximum atomic E-state index is 12.7. The minimum atomic E-state index is -4.37. The largest absolute Gasteiger partial charge is 0.481 e. The normalized spacial score (nSPS) is 21.0. The van der Waals surface area contributed by atoms with E-state index in [0.29, 0.717) is 25.1 Å². The summed E-state index contributed by atoms with van der Waals surface area (Å²) in [6.07, 6.45) is -2.06. The molecule has 5 nitrogen and oxygen atoms in total. The molecule has 0 bridgehead atoms. The Morgan fingerprint density at radius 1 is 1.15 bits per heavy atom. The molecule has 1 unspecified atom stereocenters. The Balaban J connectivity index is 1.61. The van der Waals surface area contributed by atoms with Crippen LogP contribution in [0.3, 0.4) is 0 Å². The smallest absolute Gasteiger partial charge is 0.416 e. The molecule has 1 atom stereocenters. The van der Waals surface area contributed by atoms with E-state index in [1.165, 1.54) is 12.1 Å². The Labute approximate surface area is 149 Å². The lowest BCUT2D eigenvalue weighted by Crippen LogP contribution is -2.40. The molecule has 1 aromatic rings. The summed E-state index contributed by atoms with van der Waals surface area (Å²) in [4.78, 5) is 27.2. The van der Waals surface area contributed by atoms with Crippen molar-refractivity contribution in [2.75, 3.05) is 19.6 Å². The second-order valence-electron chi connectivity index (χ2n) is 7.01. The standard InChI is InChI=1S/C18H21F3N2O3/c19-18(20,21)14-3-1-12(2-4-14)9-23(15-5-6-15)16(24)11-22-8-7-13(10-22)17(25)26/h1-4,13,15H,5-11H2,(H,25,26). The van der Waals surface area contributed by atoms with Gasteiger partial charge in [-0.2, -0.15) is 13.2 Å². The van der Waals surface area contributed by atoms with Crippen molar-refractivity contribution in [1.82, 2.24) is 9.80 Å². The van der Waals surface area contributed by atoms with Gasteiger partial charge in [0.15, 0.2) is 0 Å². The molecule has 142 valence electrons. The second kappa shape index (κ2) is 7.26. The zero-order chi connectivity index (χ0) is 18.9. The highest BCUT2D eigenvalue weighted by Gasteiger charge is 2.35. The first-order chi connectivity index (χ1) is 12.2. The number of carboxylic acid groups (broad SMARTS) is 1. The van der Waals surface area contributed by atoms with Gasteiger partial charge in [-0.1, -0.05) is 12.1 Å². The van der Waals surface area contributed by atoms with E-state index in [1.807, 2.05) is 4.90 Å². The number of hydrogen-bond acceptors (Lipinski definition) is 3. The fourth-order valence-electron chi connectivity index (χ4n) is 3.26. The second-order valence-corrected chi connectivity index (χ2v) is 7.01. The van der Waals surface area contributed by atoms with Crippen molar-refractivity contribution in [1.29, 1.82) is 0 Å². The molecule has 1 N–H and O–H groups in total. The molecule has 1 aromatic carbocycles. The summed E-state index contributed by atoms with van der Waals surface area (Å²) in [7, 11) is 0. The van der Waals surface area contributed by atoms with Crippen LogP contribution < -0.4 is 0 Å². The fraction of sp³-hybridized carbons (Fsp3) is 0.556. The summed E-state index contributed by atoms with van der Waals surface area (Å²) in [5, 5.41) is 9.04. The average molecular weight is 370 g/mol. The number of likely N-dealkylation sites (tertiary alicyclic amines) is 1. The molecule has 0 radical (unpaired) electrons. The Morgan fingerprint density at radius 2 is 1.81 bits per heavy atom. The van der Waals surface area contributed by atoms with Crippen LogP contribution in [0.1, 0.15) is 30.4 Å². The number of aliphatic carboxylic acids is 1. The van der Waals surface area contributed by atoms with Crippen molar-refractivity contribution in [3.05, 3.63) is 35.4 Å². The lowest BCUT2D eigenvalue weighted by Gasteiger charge is -2.25. The molecule has 2 fully saturated rings. The third kappa shape index (κ3) is 4.55. The van der Waals surface area contributed by atoms with Gasteiger partial charge in [-0.05, 0) is 43.5 Å². The van der Waals surface area contributed by atoms with Crippen molar-refractivity contribution in [3.63, 3.8) is 0 Å². The number of carbonyl (C=O) groups excluding carboxylic acids is 1. The summed E-state index contributed by atoms with van der Waals surface area (Å²) in [6.45, 7) is 1.36. The summed E-state index contributed by atoms with van der Waals surface area (Å²) in [6, 6.07) is 5.00. The van der Waals surface area contributed by atoms with Gasteiger partial charge in [0.25, 0.3) is 0 Å². The van der Waals surface area contributed by atoms with Crippen molar-refractivity contribution >= 4 is 11.9 Å². The summed E-state index contributed by atoms with van der Waals surface area (Å²) < 4.78 is 38.0. The summed E-state index contributed by atoms with van der Waals surface area (Å²) in [5.41, 5.74) is -0.0505. The number of carbonyl (C=O) groups is 2. The van der Waals surface area contributed by atoms with E-state index in [2.05, 4.69) is 0 Å². The van der Waals surface area contributed by atoms with E-state index in [9.17, 15) is 22.8 Å². The first-order valence-electron chi connectivity index (χ1n) is 8.65. The van der Waals surface area contributed by atoms with Gasteiger partial charge in [0.1, 0.15) is 0 Å². The van der Waals surface area contributed by atoms with Crippen LogP contribution in [0.15, 0.2) is 24.3 Å². The monoisotopic (exact) mass is 370 g/mol. The van der Waals surface area contributed by atoms with Crippen LogP contribution in [-0.2, 0) is 22.3 Å². The zero-order valence-electron chi connectivity index (χ0n) is 14.2. The van der Waals surface area contributed by atoms with Gasteiger partial charge in [0.05, 0.1) is 18.0 Å². The number of nitrogens with zero attached hydrogens (tertiary/aromatic N) is 2. The first-order valence-corrected chi connectivity index (χ1v) is 8.65. The summed E-state index contributed by atoms with van der Waals surface area (Å²) in [5.74, 6) is -1.38. The molecule has 8 heteroatoms. The molecular weight excluding hydrogens is 349 g/mol. The van der Waals surface area contributed by atoms with Gasteiger partial charge in [0.2, 0.25) is 5.91 Å². The maximum Gasteiger partial charge on any atom is 0.416 e. The quantitative estimate of drug-likeness (QED) is 0.836. The minimum absolute atomic E-state index is 0.0987. The van der Waals surface area contributed by atoms with Crippen molar-refractivity contribution < 1.29 is 27.9 Å². The highest BCUT2D eigenvalue weighted by molar-refractivity contribution is 5.79. The van der Waals surface area contributed by atoms with Crippen LogP contribution in [-0.4, -0.2) is 52.5 Å². The number of amides is 1. The number of rotatable bonds is 6. The molecule has 1 heterocycles. The lowest BCUT2D eigenvalue weighted by molar-refractivity contribution is -0.141. The minimum Gasteiger partial charge on any atom is -0.481 e. The number of hydrogen-bond donors (Lipinski definition) is 1. The van der Waals surface area contributed by atoms with Gasteiger partial charge in [-0.3, -0.25) is 14.5 Å². The molecule has 0 spiro atoms. The van der Waals surface area contributed by atoms with E-state index in [-0.39, 0.29) is 25.0 Å². The molecule has 2 aliphatic rings. The fourth-order valence-corrected chi connectivity index (χ4v) is 3.26. The van der Waals surface area contributed by atoms with Gasteiger partial charge in [0, 0.05) is 19.1 Å². The van der Waals surface area contributed by atoms with Crippen LogP contribution in [0, 0.1) is 5.92 Å². The van der Waals surface area contributed by atoms with Crippen LogP contribution in [0.25, 0.3) is 0 Å². The van der Waals surface area contributed by atoms with Gasteiger partial charge < -0.3 is 10.0 Å². The summed E-state index contributed by atoms with van der Waals surface area (Å²) >= 11 is 0. The predicted octanol–water partition coefficient (Wildman–Crippen LogP) is 2.60. The van der Waals surface area contributed by atoms with Crippen LogP contribution >= 0.6 is 0 Å². The molecule has 3 rings (SSSR count). The van der Waals surface area contributed by atoms with Crippen molar-refractivity contribution in [3.8, 4) is 0 Å². The molecule has 0 aromatic heterocycles. The maximum absolute atomic E-state index is 12.7. The SMILES string of the molecule is O=C(O)C1CCN(CC(=O)N(Cc2ccc(C(F)(F)F)cc2)C2CC2)C1. The Kier molecular flexibility index (Phi) is 5.22. The third-order valence-corrected chi connectivity index (χ3v) is 4.92. The van der Waals surface area contributed by atoms with Gasteiger partial charge >= 0.3 is 12.1 Å². The van der Waals surface area contributed by atoms with Gasteiger partial charge in [-0.15, -0.1) is 0 Å². The molecule has 26 heavy (non-hydrogen) atoms. The van der Waals surface area contributed by atoms with E-state index < -0.39 is 23.6 Å². The number of carboxylic acids is 1. The Hall–Kier alpha value is -2.09. The van der Waals surface area contributed by atoms with Crippen molar-refractivity contribution in [2.24, 2.45) is 5.92 Å². The molecule has 1 aliphatic heterocycles. The van der Waals surface area contributed by atoms with Crippen LogP contribution in [0.4, 0.5) is 13.2 Å². The number of benzene rings is 1. The molecule has 1 aliphatic carbocycles. The predicted molar refractivity (Wildman–Crippen MR) is 87.2 cm³/mol. The van der Waals surface area contributed by atoms with Crippen molar-refractivity contribution in [2.45, 2.75) is 38.0 Å². The number of halogens is 3. The van der Waals surface area contributed by atoms with Crippen LogP contribution in [0.5, 0.6) is 0 Å². The van der Waals surface area contributed by atoms with E-state index in [4.69, 9.17) is 5.11 Å². The first kappa shape index (κ1) is 18.7. The highest BCUT2D eigenvalue weighted by atomic mass is 19.4. The topological polar surface area (TPSA) is 60.9 Å². The van der Waals surface area contributed by atoms with Crippen LogP contribution in [0.2, 0.25) is 0 Å². The highest BCUT2D eigenvalue weighted by Crippen LogP contribution is 2.31. The van der Waals surface area contributed by atoms with E-state index in [1.54, 1.807) is 4.90 Å². The molecular formula is C18H21F3N2O3. The zero-order valence-corrected chi connectivity index (χ0v) is 14.2. The molecule has 1 saturated heterocycles. The Morgan fingerprint density at radius 3 is 2.31 bits per heavy atom. The van der Waals surface area contributed by atoms with Gasteiger partial charge in [-0.25, -0.2) is 0 Å². The van der Waals surface area contributed by atoms with E-state index in [0.717, 1.165) is 25.0 Å². The third-order valence-electron chi connectivity index (χ3n) is 4.92. The molecule has 1 amide bonds. The molecule has 1 saturated carbocycles. The lowest BCUT2D eigenvalue weighted by atomic mass is 10.1. The Bertz CT molecular complexity index is 671. The average Bonchev–Trinajstić information content (AvgIpc) is 3.30. The number of alkyl halides is 3.